The van der Waals surface area contributed by atoms with Crippen LogP contribution in [0.2, 0.25) is 0 Å². The van der Waals surface area contributed by atoms with Gasteiger partial charge in [-0.2, -0.15) is 0 Å². The maximum Gasteiger partial charge on any atom is 0.173 e. The lowest BCUT2D eigenvalue weighted by molar-refractivity contribution is 0.0999. The van der Waals surface area contributed by atoms with Gasteiger partial charge in [0.25, 0.3) is 0 Å². The normalized spacial score (nSPS) is 16.6. The third-order valence-electron chi connectivity index (χ3n) is 5.93. The molecule has 2 aromatic carbocycles. The summed E-state index contributed by atoms with van der Waals surface area (Å²) in [5, 5.41) is 12.7. The van der Waals surface area contributed by atoms with Gasteiger partial charge in [0.05, 0.1) is 6.04 Å². The van der Waals surface area contributed by atoms with Gasteiger partial charge in [0.15, 0.2) is 5.82 Å². The smallest absolute Gasteiger partial charge is 0.173 e. The topological polar surface area (TPSA) is 50.1 Å². The Bertz CT molecular complexity index is 932. The van der Waals surface area contributed by atoms with Crippen molar-refractivity contribution in [3.63, 3.8) is 0 Å². The molecule has 0 N–H and O–H groups in total. The number of aryl methyl sites for hydroxylation is 1. The second-order valence-corrected chi connectivity index (χ2v) is 8.69. The quantitative estimate of drug-likeness (QED) is 0.553. The molecule has 0 aliphatic carbocycles. The molecular weight excluding hydrogens is 391 g/mol. The van der Waals surface area contributed by atoms with Gasteiger partial charge in [0.2, 0.25) is 0 Å². The Kier molecular flexibility index (Phi) is 7.04. The lowest BCUT2D eigenvalue weighted by atomic mass is 10.0. The largest absolute Gasteiger partial charge is 0.297 e. The maximum absolute atomic E-state index is 13.6. The van der Waals surface area contributed by atoms with Crippen LogP contribution in [-0.4, -0.2) is 56.2 Å². The average molecular weight is 423 g/mol. The van der Waals surface area contributed by atoms with E-state index in [1.165, 1.54) is 17.7 Å². The number of tetrazole rings is 1. The summed E-state index contributed by atoms with van der Waals surface area (Å²) in [5.74, 6) is 1.18. The Morgan fingerprint density at radius 1 is 0.935 bits per heavy atom. The van der Waals surface area contributed by atoms with E-state index in [1.54, 1.807) is 0 Å². The predicted molar refractivity (Wildman–Crippen MR) is 119 cm³/mol. The second kappa shape index (κ2) is 10.1. The molecule has 31 heavy (non-hydrogen) atoms. The molecule has 1 aliphatic heterocycles. The molecule has 0 saturated carbocycles. The zero-order chi connectivity index (χ0) is 21.6. The Morgan fingerprint density at radius 3 is 2.32 bits per heavy atom. The molecule has 4 rings (SSSR count). The van der Waals surface area contributed by atoms with Crippen molar-refractivity contribution >= 4 is 0 Å². The zero-order valence-electron chi connectivity index (χ0n) is 18.4. The molecule has 0 amide bonds. The highest BCUT2D eigenvalue weighted by atomic mass is 19.1. The molecule has 164 valence electrons. The van der Waals surface area contributed by atoms with E-state index in [1.807, 2.05) is 16.8 Å². The van der Waals surface area contributed by atoms with Crippen LogP contribution in [0.15, 0.2) is 54.6 Å². The summed E-state index contributed by atoms with van der Waals surface area (Å²) in [7, 11) is 0. The van der Waals surface area contributed by atoms with Gasteiger partial charge in [-0.15, -0.1) is 5.10 Å². The van der Waals surface area contributed by atoms with Gasteiger partial charge in [-0.05, 0) is 46.0 Å². The summed E-state index contributed by atoms with van der Waals surface area (Å²) in [6.45, 7) is 9.91. The first-order valence-corrected chi connectivity index (χ1v) is 11.1. The molecule has 6 nitrogen and oxygen atoms in total. The van der Waals surface area contributed by atoms with Crippen LogP contribution in [0.4, 0.5) is 4.39 Å². The minimum Gasteiger partial charge on any atom is -0.297 e. The van der Waals surface area contributed by atoms with Gasteiger partial charge in [-0.1, -0.05) is 56.3 Å². The number of rotatable bonds is 8. The van der Waals surface area contributed by atoms with Crippen molar-refractivity contribution < 1.29 is 4.39 Å². The molecule has 0 radical (unpaired) electrons. The van der Waals surface area contributed by atoms with Crippen molar-refractivity contribution in [3.05, 3.63) is 77.4 Å². The van der Waals surface area contributed by atoms with Gasteiger partial charge in [0, 0.05) is 39.3 Å². The van der Waals surface area contributed by atoms with E-state index in [0.29, 0.717) is 5.92 Å². The first-order valence-electron chi connectivity index (χ1n) is 11.1. The van der Waals surface area contributed by atoms with E-state index in [0.717, 1.165) is 57.1 Å². The van der Waals surface area contributed by atoms with E-state index < -0.39 is 0 Å². The van der Waals surface area contributed by atoms with E-state index >= 15 is 0 Å². The van der Waals surface area contributed by atoms with Crippen LogP contribution in [0.1, 0.15) is 43.3 Å². The molecule has 0 spiro atoms. The van der Waals surface area contributed by atoms with Crippen molar-refractivity contribution in [1.29, 1.82) is 0 Å². The minimum atomic E-state index is -0.227. The Balaban J connectivity index is 1.52. The van der Waals surface area contributed by atoms with E-state index in [4.69, 9.17) is 0 Å². The van der Waals surface area contributed by atoms with Gasteiger partial charge in [-0.25, -0.2) is 9.07 Å². The molecule has 1 saturated heterocycles. The third-order valence-corrected chi connectivity index (χ3v) is 5.93. The van der Waals surface area contributed by atoms with Crippen molar-refractivity contribution in [1.82, 2.24) is 30.0 Å². The number of halogens is 1. The molecule has 1 atom stereocenters. The fourth-order valence-electron chi connectivity index (χ4n) is 4.14. The van der Waals surface area contributed by atoms with Gasteiger partial charge in [0.1, 0.15) is 5.82 Å². The number of aromatic nitrogens is 4. The number of nitrogens with zero attached hydrogens (tertiary/aromatic N) is 6. The molecule has 1 aliphatic rings. The van der Waals surface area contributed by atoms with Crippen molar-refractivity contribution in [2.45, 2.75) is 39.4 Å². The summed E-state index contributed by atoms with van der Waals surface area (Å²) in [5.41, 5.74) is 2.36. The van der Waals surface area contributed by atoms with Crippen LogP contribution in [0.5, 0.6) is 0 Å². The van der Waals surface area contributed by atoms with Crippen LogP contribution in [0.3, 0.4) is 0 Å². The first kappa shape index (κ1) is 21.6. The number of hydrogen-bond donors (Lipinski definition) is 0. The fraction of sp³-hybridized carbons (Fsp3) is 0.458. The molecule has 2 heterocycles. The summed E-state index contributed by atoms with van der Waals surface area (Å²) < 4.78 is 15.5. The second-order valence-electron chi connectivity index (χ2n) is 8.69. The number of hydrogen-bond acceptors (Lipinski definition) is 5. The predicted octanol–water partition coefficient (Wildman–Crippen LogP) is 3.77. The van der Waals surface area contributed by atoms with E-state index in [2.05, 4.69) is 69.5 Å². The highest BCUT2D eigenvalue weighted by Gasteiger charge is 2.30. The molecule has 1 fully saturated rings. The lowest BCUT2D eigenvalue weighted by Gasteiger charge is -2.39. The summed E-state index contributed by atoms with van der Waals surface area (Å²) in [6.07, 6.45) is 1.01. The summed E-state index contributed by atoms with van der Waals surface area (Å²) in [6, 6.07) is 17.3. The number of benzene rings is 2. The first-order chi connectivity index (χ1) is 15.1. The number of piperazine rings is 1. The summed E-state index contributed by atoms with van der Waals surface area (Å²) >= 11 is 0. The molecule has 3 aromatic rings. The van der Waals surface area contributed by atoms with Crippen molar-refractivity contribution in [3.8, 4) is 0 Å². The Morgan fingerprint density at radius 2 is 1.65 bits per heavy atom. The zero-order valence-corrected chi connectivity index (χ0v) is 18.4. The molecule has 0 bridgehead atoms. The fourth-order valence-corrected chi connectivity index (χ4v) is 4.14. The van der Waals surface area contributed by atoms with Crippen LogP contribution in [0, 0.1) is 11.7 Å². The molecule has 0 unspecified atom stereocenters. The standard InChI is InChI=1S/C24H31FN6/c1-19(2)12-13-31-24(26-27-28-31)23(21-8-10-22(25)11-9-21)30-16-14-29(15-17-30)18-20-6-4-3-5-7-20/h3-11,19,23H,12-18H2,1-2H3/t23-/m1/s1. The Hall–Kier alpha value is -2.64. The highest BCUT2D eigenvalue weighted by Crippen LogP contribution is 2.29. The summed E-state index contributed by atoms with van der Waals surface area (Å²) in [4.78, 5) is 4.90. The average Bonchev–Trinajstić information content (AvgIpc) is 3.24. The van der Waals surface area contributed by atoms with Gasteiger partial charge < -0.3 is 0 Å². The monoisotopic (exact) mass is 422 g/mol. The van der Waals surface area contributed by atoms with Crippen LogP contribution in [0.25, 0.3) is 0 Å². The molecular formula is C24H31FN6. The van der Waals surface area contributed by atoms with Crippen LogP contribution < -0.4 is 0 Å². The van der Waals surface area contributed by atoms with Gasteiger partial charge >= 0.3 is 0 Å². The maximum atomic E-state index is 13.6. The SMILES string of the molecule is CC(C)CCn1nnnc1[C@@H](c1ccc(F)cc1)N1CCN(Cc2ccccc2)CC1. The van der Waals surface area contributed by atoms with Crippen LogP contribution in [-0.2, 0) is 13.1 Å². The van der Waals surface area contributed by atoms with Crippen molar-refractivity contribution in [2.75, 3.05) is 26.2 Å². The van der Waals surface area contributed by atoms with Gasteiger partial charge in [-0.3, -0.25) is 9.80 Å². The third kappa shape index (κ3) is 5.54. The minimum absolute atomic E-state index is 0.0818. The highest BCUT2D eigenvalue weighted by molar-refractivity contribution is 5.25. The lowest BCUT2D eigenvalue weighted by Crippen LogP contribution is -2.48. The molecule has 1 aromatic heterocycles. The van der Waals surface area contributed by atoms with E-state index in [-0.39, 0.29) is 11.9 Å². The molecule has 7 heteroatoms. The van der Waals surface area contributed by atoms with Crippen LogP contribution >= 0.6 is 0 Å². The Labute approximate surface area is 183 Å². The van der Waals surface area contributed by atoms with E-state index in [9.17, 15) is 4.39 Å². The van der Waals surface area contributed by atoms with Crippen molar-refractivity contribution in [2.24, 2.45) is 5.92 Å².